The molecule has 2 aromatic rings. The highest BCUT2D eigenvalue weighted by Crippen LogP contribution is 2.25. The number of nitrogens with zero attached hydrogens (tertiary/aromatic N) is 3. The summed E-state index contributed by atoms with van der Waals surface area (Å²) >= 11 is 0. The number of carbonyl (C=O) groups excluding carboxylic acids is 2. The number of ether oxygens (including phenoxy) is 1. The number of aliphatic hydroxyl groups excluding tert-OH is 1. The highest BCUT2D eigenvalue weighted by Gasteiger charge is 2.36. The third-order valence-corrected chi connectivity index (χ3v) is 7.21. The van der Waals surface area contributed by atoms with Crippen molar-refractivity contribution < 1.29 is 23.8 Å². The van der Waals surface area contributed by atoms with Crippen LogP contribution < -0.4 is 5.32 Å². The van der Waals surface area contributed by atoms with Crippen LogP contribution in [0.4, 0.5) is 4.79 Å². The van der Waals surface area contributed by atoms with Gasteiger partial charge in [-0.1, -0.05) is 45.1 Å². The Bertz CT molecular complexity index is 905. The number of rotatable bonds is 9. The maximum absolute atomic E-state index is 13.7. The Hall–Kier alpha value is -2.43. The number of urea groups is 1. The van der Waals surface area contributed by atoms with Crippen LogP contribution >= 0.6 is 0 Å². The van der Waals surface area contributed by atoms with Gasteiger partial charge in [0.2, 0.25) is 18.0 Å². The van der Waals surface area contributed by atoms with E-state index in [0.29, 0.717) is 56.4 Å². The first-order valence-corrected chi connectivity index (χ1v) is 15.4. The molecule has 2 N–H and O–H groups in total. The molecule has 1 aromatic carbocycles. The molecular formula is C23H36N4O5Si. The molecule has 2 atom stereocenters. The van der Waals surface area contributed by atoms with E-state index in [2.05, 4.69) is 29.9 Å². The number of carbonyl (C=O) groups is 2. The van der Waals surface area contributed by atoms with E-state index >= 15 is 0 Å². The average molecular weight is 477 g/mol. The van der Waals surface area contributed by atoms with Gasteiger partial charge < -0.3 is 29.4 Å². The fourth-order valence-corrected chi connectivity index (χ4v) is 5.34. The van der Waals surface area contributed by atoms with Gasteiger partial charge >= 0.3 is 6.03 Å². The van der Waals surface area contributed by atoms with E-state index in [1.807, 2.05) is 19.1 Å². The summed E-state index contributed by atoms with van der Waals surface area (Å²) < 4.78 is 11.1. The second-order valence-electron chi connectivity index (χ2n) is 9.64. The van der Waals surface area contributed by atoms with Gasteiger partial charge in [0, 0.05) is 27.7 Å². The lowest BCUT2D eigenvalue weighted by atomic mass is 10.2. The number of fused-ring (bicyclic) bond motifs is 1. The number of hydrogen-bond donors (Lipinski definition) is 2. The van der Waals surface area contributed by atoms with Crippen LogP contribution in [-0.2, 0) is 9.53 Å². The number of morpholine rings is 1. The zero-order valence-electron chi connectivity index (χ0n) is 20.0. The van der Waals surface area contributed by atoms with Crippen LogP contribution in [0.2, 0.25) is 25.7 Å². The number of unbranched alkanes of at least 4 members (excludes halogenated alkanes) is 1. The van der Waals surface area contributed by atoms with Crippen LogP contribution in [0.3, 0.4) is 0 Å². The second-order valence-corrected chi connectivity index (χ2v) is 15.2. The van der Waals surface area contributed by atoms with Gasteiger partial charge in [-0.15, -0.1) is 0 Å². The number of para-hydroxylation sites is 2. The predicted octanol–water partition coefficient (Wildman–Crippen LogP) is 3.20. The average Bonchev–Trinajstić information content (AvgIpc) is 3.22. The first-order valence-electron chi connectivity index (χ1n) is 11.7. The van der Waals surface area contributed by atoms with E-state index in [0.717, 1.165) is 6.42 Å². The second kappa shape index (κ2) is 11.1. The molecule has 1 fully saturated rings. The van der Waals surface area contributed by atoms with Crippen molar-refractivity contribution in [2.45, 2.75) is 57.7 Å². The molecule has 0 radical (unpaired) electrons. The summed E-state index contributed by atoms with van der Waals surface area (Å²) in [5.41, 5.74) is 1.17. The third-order valence-electron chi connectivity index (χ3n) is 5.57. The molecule has 0 bridgehead atoms. The van der Waals surface area contributed by atoms with Crippen LogP contribution in [-0.4, -0.2) is 78.8 Å². The normalized spacial score (nSPS) is 16.5. The van der Waals surface area contributed by atoms with Gasteiger partial charge in [0.25, 0.3) is 0 Å². The maximum Gasteiger partial charge on any atom is 0.318 e. The summed E-state index contributed by atoms with van der Waals surface area (Å²) in [4.78, 5) is 34.1. The molecule has 1 aliphatic rings. The number of nitrogens with one attached hydrogen (secondary N) is 1. The summed E-state index contributed by atoms with van der Waals surface area (Å²) in [7, 11) is -1.74. The van der Waals surface area contributed by atoms with Crippen molar-refractivity contribution in [2.24, 2.45) is 0 Å². The summed E-state index contributed by atoms with van der Waals surface area (Å²) in [6.07, 6.45) is 0.226. The number of aromatic nitrogens is 1. The van der Waals surface area contributed by atoms with Gasteiger partial charge in [-0.3, -0.25) is 4.79 Å². The fourth-order valence-electron chi connectivity index (χ4n) is 3.83. The van der Waals surface area contributed by atoms with Crippen LogP contribution in [0.15, 0.2) is 28.7 Å². The van der Waals surface area contributed by atoms with Gasteiger partial charge in [-0.05, 0) is 24.6 Å². The Morgan fingerprint density at radius 1 is 1.24 bits per heavy atom. The molecule has 1 unspecified atom stereocenters. The Kier molecular flexibility index (Phi) is 8.50. The van der Waals surface area contributed by atoms with Crippen LogP contribution in [0.5, 0.6) is 0 Å². The van der Waals surface area contributed by atoms with Gasteiger partial charge in [0.15, 0.2) is 5.58 Å². The van der Waals surface area contributed by atoms with E-state index in [1.54, 1.807) is 17.0 Å². The third kappa shape index (κ3) is 6.78. The largest absolute Gasteiger partial charge is 0.436 e. The highest BCUT2D eigenvalue weighted by molar-refractivity contribution is 6.76. The molecule has 1 aliphatic heterocycles. The minimum Gasteiger partial charge on any atom is -0.436 e. The van der Waals surface area contributed by atoms with Crippen LogP contribution in [0, 0.1) is 0 Å². The van der Waals surface area contributed by atoms with Crippen molar-refractivity contribution in [3.8, 4) is 0 Å². The predicted molar refractivity (Wildman–Crippen MR) is 128 cm³/mol. The first-order chi connectivity index (χ1) is 15.7. The molecule has 3 amide bonds. The minimum absolute atomic E-state index is 0.0758. The lowest BCUT2D eigenvalue weighted by molar-refractivity contribution is -0.145. The van der Waals surface area contributed by atoms with E-state index in [9.17, 15) is 14.7 Å². The molecule has 0 aliphatic carbocycles. The number of hydrogen-bond acceptors (Lipinski definition) is 6. The molecule has 3 rings (SSSR count). The summed E-state index contributed by atoms with van der Waals surface area (Å²) in [6.45, 7) is 10.8. The van der Waals surface area contributed by atoms with Crippen molar-refractivity contribution in [3.05, 3.63) is 30.2 Å². The topological polar surface area (TPSA) is 108 Å². The minimum atomic E-state index is -1.74. The summed E-state index contributed by atoms with van der Waals surface area (Å²) in [5, 5.41) is 14.1. The van der Waals surface area contributed by atoms with Crippen LogP contribution in [0.1, 0.15) is 31.9 Å². The number of benzene rings is 1. The standard InChI is InChI=1S/C23H36N4O5Si/c1-5-6-11-27(22(29)20-24-17-9-7-8-10-19(17)32-20)21(28)18(16-33(2,3)4)25-23(30)26-12-14-31-15-13-26/h7-10,18,22,29H,5-6,11-16H2,1-4H3,(H,25,30)/t18-,22?/m0/s1. The van der Waals surface area contributed by atoms with Crippen molar-refractivity contribution >= 4 is 31.1 Å². The molecule has 2 heterocycles. The van der Waals surface area contributed by atoms with Crippen molar-refractivity contribution in [3.63, 3.8) is 0 Å². The fraction of sp³-hybridized carbons (Fsp3) is 0.609. The quantitative estimate of drug-likeness (QED) is 0.425. The SMILES string of the molecule is CCCCN(C(=O)[C@H](C[Si](C)(C)C)NC(=O)N1CCOCC1)C(O)c1nc2ccccc2o1. The van der Waals surface area contributed by atoms with Crippen LogP contribution in [0.25, 0.3) is 11.1 Å². The highest BCUT2D eigenvalue weighted by atomic mass is 28.3. The molecule has 10 heteroatoms. The van der Waals surface area contributed by atoms with E-state index in [1.165, 1.54) is 4.90 Å². The molecular weight excluding hydrogens is 440 g/mol. The molecule has 9 nitrogen and oxygen atoms in total. The van der Waals surface area contributed by atoms with Crippen molar-refractivity contribution in [1.82, 2.24) is 20.1 Å². The monoisotopic (exact) mass is 476 g/mol. The summed E-state index contributed by atoms with van der Waals surface area (Å²) in [6, 6.07) is 6.78. The van der Waals surface area contributed by atoms with Crippen molar-refractivity contribution in [2.75, 3.05) is 32.8 Å². The molecule has 182 valence electrons. The van der Waals surface area contributed by atoms with Gasteiger partial charge in [-0.25, -0.2) is 9.78 Å². The molecule has 1 aromatic heterocycles. The van der Waals surface area contributed by atoms with Crippen molar-refractivity contribution in [1.29, 1.82) is 0 Å². The summed E-state index contributed by atoms with van der Waals surface area (Å²) in [5.74, 6) is -0.242. The lowest BCUT2D eigenvalue weighted by Crippen LogP contribution is -2.56. The first kappa shape index (κ1) is 25.2. The lowest BCUT2D eigenvalue weighted by Gasteiger charge is -2.34. The van der Waals surface area contributed by atoms with Gasteiger partial charge in [0.05, 0.1) is 13.2 Å². The zero-order valence-corrected chi connectivity index (χ0v) is 21.0. The molecule has 0 saturated carbocycles. The zero-order chi connectivity index (χ0) is 24.0. The Morgan fingerprint density at radius 2 is 1.94 bits per heavy atom. The smallest absolute Gasteiger partial charge is 0.318 e. The Labute approximate surface area is 196 Å². The molecule has 1 saturated heterocycles. The molecule has 0 spiro atoms. The van der Waals surface area contributed by atoms with E-state index < -0.39 is 20.3 Å². The maximum atomic E-state index is 13.7. The number of oxazole rings is 1. The molecule has 33 heavy (non-hydrogen) atoms. The van der Waals surface area contributed by atoms with Gasteiger partial charge in [0.1, 0.15) is 11.6 Å². The Balaban J connectivity index is 1.84. The number of amides is 3. The van der Waals surface area contributed by atoms with Gasteiger partial charge in [-0.2, -0.15) is 0 Å². The number of aliphatic hydroxyl groups is 1. The van der Waals surface area contributed by atoms with E-state index in [4.69, 9.17) is 9.15 Å². The Morgan fingerprint density at radius 3 is 2.58 bits per heavy atom. The van der Waals surface area contributed by atoms with E-state index in [-0.39, 0.29) is 17.8 Å².